The lowest BCUT2D eigenvalue weighted by atomic mass is 10.2. The predicted molar refractivity (Wildman–Crippen MR) is 185 cm³/mol. The highest BCUT2D eigenvalue weighted by Crippen LogP contribution is 2.38. The highest BCUT2D eigenvalue weighted by molar-refractivity contribution is 9.10. The van der Waals surface area contributed by atoms with Crippen LogP contribution in [0.5, 0.6) is 5.75 Å². The Bertz CT molecular complexity index is 1360. The third kappa shape index (κ3) is 12.8. The van der Waals surface area contributed by atoms with Gasteiger partial charge in [-0.1, -0.05) is 27.9 Å². The first-order chi connectivity index (χ1) is 19.9. The molecule has 8 nitrogen and oxygen atoms in total. The van der Waals surface area contributed by atoms with E-state index in [0.29, 0.717) is 46.1 Å². The smallest absolute Gasteiger partial charge is 0.407 e. The maximum Gasteiger partial charge on any atom is 0.407 e. The summed E-state index contributed by atoms with van der Waals surface area (Å²) in [5.74, 6) is 7.36. The molecule has 0 radical (unpaired) electrons. The van der Waals surface area contributed by atoms with Gasteiger partial charge in [0.25, 0.3) is 0 Å². The van der Waals surface area contributed by atoms with Crippen molar-refractivity contribution in [2.75, 3.05) is 51.4 Å². The molecule has 0 saturated heterocycles. The second-order valence-electron chi connectivity index (χ2n) is 10.6. The zero-order valence-corrected chi connectivity index (χ0v) is 29.4. The van der Waals surface area contributed by atoms with Gasteiger partial charge in [0.15, 0.2) is 0 Å². The summed E-state index contributed by atoms with van der Waals surface area (Å²) in [6, 6.07) is 16.1. The van der Waals surface area contributed by atoms with E-state index in [1.165, 1.54) is 0 Å². The summed E-state index contributed by atoms with van der Waals surface area (Å²) in [5, 5.41) is 7.14. The van der Waals surface area contributed by atoms with E-state index >= 15 is 0 Å². The van der Waals surface area contributed by atoms with E-state index in [0.717, 1.165) is 39.1 Å². The lowest BCUT2D eigenvalue weighted by molar-refractivity contribution is 0.0328. The molecule has 0 aliphatic heterocycles. The molecule has 1 heterocycles. The van der Waals surface area contributed by atoms with Crippen molar-refractivity contribution in [3.8, 4) is 17.6 Å². The molecule has 228 valence electrons. The van der Waals surface area contributed by atoms with E-state index < -0.39 is 11.7 Å². The van der Waals surface area contributed by atoms with Gasteiger partial charge in [-0.05, 0) is 69.2 Å². The van der Waals surface area contributed by atoms with E-state index in [2.05, 4.69) is 88.9 Å². The first-order valence-corrected chi connectivity index (χ1v) is 16.2. The Hall–Kier alpha value is -1.90. The van der Waals surface area contributed by atoms with Gasteiger partial charge >= 0.3 is 6.09 Å². The van der Waals surface area contributed by atoms with E-state index in [-0.39, 0.29) is 4.64 Å². The molecule has 2 aromatic carbocycles. The summed E-state index contributed by atoms with van der Waals surface area (Å²) < 4.78 is 25.1. The fraction of sp³-hybridized carbons (Fsp3) is 0.433. The average Bonchev–Trinajstić information content (AvgIpc) is 3.24. The lowest BCUT2D eigenvalue weighted by Gasteiger charge is -2.20. The Morgan fingerprint density at radius 2 is 1.67 bits per heavy atom. The van der Waals surface area contributed by atoms with Gasteiger partial charge < -0.3 is 34.1 Å². The molecule has 3 atom stereocenters. The molecule has 3 aromatic rings. The van der Waals surface area contributed by atoms with E-state index in [9.17, 15) is 4.79 Å². The summed E-state index contributed by atoms with van der Waals surface area (Å²) in [6.45, 7) is 9.31. The van der Waals surface area contributed by atoms with Gasteiger partial charge in [-0.3, -0.25) is 0 Å². The van der Waals surface area contributed by atoms with Crippen LogP contribution in [0.2, 0.25) is 0 Å². The highest BCUT2D eigenvalue weighted by atomic mass is 79.9. The third-order valence-corrected chi connectivity index (χ3v) is 6.80. The largest absolute Gasteiger partial charge is 0.491 e. The number of carbonyl (C=O) groups is 1. The summed E-state index contributed by atoms with van der Waals surface area (Å²) in [5.41, 5.74) is 2.58. The molecule has 3 unspecified atom stereocenters. The zero-order valence-electron chi connectivity index (χ0n) is 24.4. The molecule has 0 fully saturated rings. The zero-order chi connectivity index (χ0) is 30.6. The Kier molecular flexibility index (Phi) is 13.8. The van der Waals surface area contributed by atoms with Crippen LogP contribution >= 0.6 is 43.6 Å². The van der Waals surface area contributed by atoms with Gasteiger partial charge in [-0.15, -0.1) is 27.7 Å². The number of halogens is 1. The first kappa shape index (κ1) is 34.6. The normalized spacial score (nSPS) is 11.6. The summed E-state index contributed by atoms with van der Waals surface area (Å²) in [6.07, 6.45) is -0.448. The number of ether oxygens (including phenoxy) is 4. The second-order valence-corrected chi connectivity index (χ2v) is 16.7. The van der Waals surface area contributed by atoms with Crippen LogP contribution in [0, 0.1) is 11.8 Å². The van der Waals surface area contributed by atoms with Crippen molar-refractivity contribution in [3.05, 3.63) is 58.7 Å². The van der Waals surface area contributed by atoms with Crippen LogP contribution in [-0.4, -0.2) is 67.0 Å². The minimum Gasteiger partial charge on any atom is -0.491 e. The fourth-order valence-electron chi connectivity index (χ4n) is 3.83. The van der Waals surface area contributed by atoms with Gasteiger partial charge in [-0.25, -0.2) is 4.79 Å². The number of anilines is 1. The molecule has 0 aliphatic carbocycles. The number of benzene rings is 2. The number of alkyl carbamates (subject to hydrolysis) is 1. The number of amides is 1. The SMILES string of the molecule is CC(C)(C)OC(=O)NCCOCCOCCOc1ccc(NCC#Cc2cc3c(Br)cccc3n2CC(P)(P)P)cc1. The number of hydrogen-bond acceptors (Lipinski definition) is 6. The van der Waals surface area contributed by atoms with Gasteiger partial charge in [0.05, 0.1) is 44.2 Å². The molecule has 1 amide bonds. The summed E-state index contributed by atoms with van der Waals surface area (Å²) in [4.78, 5) is 11.5. The molecule has 42 heavy (non-hydrogen) atoms. The van der Waals surface area contributed by atoms with E-state index in [1.54, 1.807) is 0 Å². The number of carbonyl (C=O) groups excluding carboxylic acids is 1. The number of hydrogen-bond donors (Lipinski definition) is 2. The molecule has 0 spiro atoms. The number of nitrogens with one attached hydrogen (secondary N) is 2. The van der Waals surface area contributed by atoms with Crippen molar-refractivity contribution >= 4 is 66.3 Å². The molecule has 0 bridgehead atoms. The molecule has 12 heteroatoms. The van der Waals surface area contributed by atoms with Crippen molar-refractivity contribution in [1.82, 2.24) is 9.88 Å². The van der Waals surface area contributed by atoms with Crippen LogP contribution in [-0.2, 0) is 20.8 Å². The number of fused-ring (bicyclic) bond motifs is 1. The Morgan fingerprint density at radius 1 is 0.976 bits per heavy atom. The molecule has 1 aromatic heterocycles. The van der Waals surface area contributed by atoms with Crippen LogP contribution in [0.1, 0.15) is 26.5 Å². The average molecular weight is 696 g/mol. The topological polar surface area (TPSA) is 83.0 Å². The summed E-state index contributed by atoms with van der Waals surface area (Å²) in [7, 11) is 8.54. The minimum atomic E-state index is -0.512. The quantitative estimate of drug-likeness (QED) is 0.121. The van der Waals surface area contributed by atoms with Crippen molar-refractivity contribution < 1.29 is 23.7 Å². The Balaban J connectivity index is 1.33. The number of nitrogens with zero attached hydrogens (tertiary/aromatic N) is 1. The van der Waals surface area contributed by atoms with Crippen LogP contribution in [0.3, 0.4) is 0 Å². The lowest BCUT2D eigenvalue weighted by Crippen LogP contribution is -2.34. The van der Waals surface area contributed by atoms with Gasteiger partial charge in [0.1, 0.15) is 18.0 Å². The van der Waals surface area contributed by atoms with Gasteiger partial charge in [-0.2, -0.15) is 0 Å². The monoisotopic (exact) mass is 695 g/mol. The van der Waals surface area contributed by atoms with E-state index in [1.807, 2.05) is 51.1 Å². The van der Waals surface area contributed by atoms with Crippen molar-refractivity contribution in [2.24, 2.45) is 0 Å². The standard InChI is InChI=1S/C30H41BrN3O5P3/c1-29(2,3)39-28(35)33-14-15-36-16-17-37-18-19-38-24-11-9-22(10-12-24)32-13-5-6-23-20-25-26(31)7-4-8-27(25)34(23)21-30(40,41)42/h4,7-12,20,32H,13-19,21,40-42H2,1-3H3,(H,33,35). The second kappa shape index (κ2) is 16.8. The van der Waals surface area contributed by atoms with Gasteiger partial charge in [0.2, 0.25) is 0 Å². The molecule has 0 aliphatic rings. The van der Waals surface area contributed by atoms with Crippen molar-refractivity contribution in [3.63, 3.8) is 0 Å². The fourth-order valence-corrected chi connectivity index (χ4v) is 4.84. The van der Waals surface area contributed by atoms with Crippen LogP contribution in [0.25, 0.3) is 10.9 Å². The highest BCUT2D eigenvalue weighted by Gasteiger charge is 2.17. The third-order valence-electron chi connectivity index (χ3n) is 5.56. The first-order valence-electron chi connectivity index (χ1n) is 13.6. The maximum absolute atomic E-state index is 11.5. The van der Waals surface area contributed by atoms with Crippen molar-refractivity contribution in [1.29, 1.82) is 0 Å². The Morgan fingerprint density at radius 3 is 2.36 bits per heavy atom. The molecule has 0 saturated carbocycles. The number of rotatable bonds is 14. The van der Waals surface area contributed by atoms with Crippen LogP contribution in [0.4, 0.5) is 10.5 Å². The minimum absolute atomic E-state index is 0.114. The molecular weight excluding hydrogens is 655 g/mol. The van der Waals surface area contributed by atoms with Crippen molar-refractivity contribution in [2.45, 2.75) is 37.6 Å². The van der Waals surface area contributed by atoms with Crippen LogP contribution < -0.4 is 15.4 Å². The van der Waals surface area contributed by atoms with Crippen LogP contribution in [0.15, 0.2) is 53.0 Å². The predicted octanol–water partition coefficient (Wildman–Crippen LogP) is 6.08. The molecule has 2 N–H and O–H groups in total. The van der Waals surface area contributed by atoms with E-state index in [4.69, 9.17) is 18.9 Å². The molecule has 3 rings (SSSR count). The van der Waals surface area contributed by atoms with Gasteiger partial charge in [0, 0.05) is 33.3 Å². The number of aromatic nitrogens is 1. The summed E-state index contributed by atoms with van der Waals surface area (Å²) >= 11 is 3.66. The maximum atomic E-state index is 11.5. The molecular formula is C30H41BrN3O5P3. The Labute approximate surface area is 264 Å².